The Hall–Kier alpha value is 0.350. The van der Waals surface area contributed by atoms with Gasteiger partial charge in [-0.15, -0.1) is 0 Å². The molecular weight excluding hydrogens is 164 g/mol. The van der Waals surface area contributed by atoms with Gasteiger partial charge in [-0.05, 0) is 24.7 Å². The topological polar surface area (TPSA) is 0 Å². The van der Waals surface area contributed by atoms with Crippen molar-refractivity contribution in [3.8, 4) is 0 Å². The summed E-state index contributed by atoms with van der Waals surface area (Å²) in [7, 11) is 0. The molecule has 1 heteroatoms. The van der Waals surface area contributed by atoms with Crippen molar-refractivity contribution in [3.05, 3.63) is 0 Å². The second-order valence-electron chi connectivity index (χ2n) is 4.28. The van der Waals surface area contributed by atoms with Crippen LogP contribution in [0.2, 0.25) is 0 Å². The summed E-state index contributed by atoms with van der Waals surface area (Å²) in [4.78, 5) is 0. The molecule has 0 aromatic heterocycles. The van der Waals surface area contributed by atoms with Crippen molar-refractivity contribution in [2.75, 3.05) is 5.75 Å². The van der Waals surface area contributed by atoms with Gasteiger partial charge in [0.15, 0.2) is 0 Å². The highest BCUT2D eigenvalue weighted by atomic mass is 32.1. The van der Waals surface area contributed by atoms with Crippen LogP contribution in [0, 0.1) is 11.8 Å². The maximum atomic E-state index is 4.92. The van der Waals surface area contributed by atoms with Gasteiger partial charge in [-0.25, -0.2) is 0 Å². The lowest BCUT2D eigenvalue weighted by molar-refractivity contribution is 0.434. The van der Waals surface area contributed by atoms with Crippen LogP contribution in [0.3, 0.4) is 0 Å². The third-order valence-corrected chi connectivity index (χ3v) is 2.61. The van der Waals surface area contributed by atoms with Crippen LogP contribution in [0.4, 0.5) is 0 Å². The fraction of sp³-hybridized carbons (Fsp3) is 1.00. The molecule has 1 unspecified atom stereocenters. The van der Waals surface area contributed by atoms with Crippen LogP contribution < -0.4 is 0 Å². The monoisotopic (exact) mass is 187 g/mol. The molecule has 0 saturated heterocycles. The first-order valence-electron chi connectivity index (χ1n) is 5.25. The van der Waals surface area contributed by atoms with Crippen LogP contribution in [0.25, 0.3) is 0 Å². The van der Waals surface area contributed by atoms with Gasteiger partial charge < -0.3 is 0 Å². The molecule has 0 nitrogen and oxygen atoms in total. The minimum absolute atomic E-state index is 0.871. The molecule has 0 aromatic rings. The fourth-order valence-electron chi connectivity index (χ4n) is 1.45. The first-order valence-corrected chi connectivity index (χ1v) is 5.82. The first-order chi connectivity index (χ1) is 5.66. The smallest absolute Gasteiger partial charge is 0.00370 e. The van der Waals surface area contributed by atoms with Crippen LogP contribution in [-0.4, -0.2) is 5.75 Å². The molecule has 0 rings (SSSR count). The molecule has 0 heterocycles. The van der Waals surface area contributed by atoms with Gasteiger partial charge in [0.1, 0.15) is 0 Å². The predicted molar refractivity (Wildman–Crippen MR) is 59.5 cm³/mol. The molecule has 73 valence electrons. The van der Waals surface area contributed by atoms with E-state index < -0.39 is 0 Å². The van der Waals surface area contributed by atoms with Crippen molar-refractivity contribution in [3.63, 3.8) is 0 Å². The standard InChI is InChI=1S/C11H23S/c1-10(2)6-4-7-11(3)8-5-9-12/h10-11H,4-9H2,1-3H3. The predicted octanol–water partition coefficient (Wildman–Crippen LogP) is 4.43. The molecule has 0 bridgehead atoms. The van der Waals surface area contributed by atoms with Gasteiger partial charge in [0, 0.05) is 5.75 Å². The Kier molecular flexibility index (Phi) is 8.20. The Morgan fingerprint density at radius 1 is 0.917 bits per heavy atom. The average molecular weight is 187 g/mol. The van der Waals surface area contributed by atoms with E-state index in [0.29, 0.717) is 0 Å². The summed E-state index contributed by atoms with van der Waals surface area (Å²) in [5.74, 6) is 2.71. The summed E-state index contributed by atoms with van der Waals surface area (Å²) >= 11 is 4.92. The third kappa shape index (κ3) is 8.45. The van der Waals surface area contributed by atoms with E-state index in [2.05, 4.69) is 20.8 Å². The van der Waals surface area contributed by atoms with Crippen LogP contribution >= 0.6 is 12.6 Å². The molecule has 0 aliphatic carbocycles. The van der Waals surface area contributed by atoms with E-state index >= 15 is 0 Å². The van der Waals surface area contributed by atoms with Crippen molar-refractivity contribution in [2.45, 2.75) is 52.9 Å². The zero-order valence-electron chi connectivity index (χ0n) is 8.81. The van der Waals surface area contributed by atoms with Crippen molar-refractivity contribution in [1.29, 1.82) is 0 Å². The minimum Gasteiger partial charge on any atom is -0.0942 e. The van der Waals surface area contributed by atoms with Crippen molar-refractivity contribution >= 4 is 12.6 Å². The molecule has 0 N–H and O–H groups in total. The highest BCUT2D eigenvalue weighted by Gasteiger charge is 2.01. The summed E-state index contributed by atoms with van der Waals surface area (Å²) in [6.07, 6.45) is 6.75. The normalized spacial score (nSPS) is 13.8. The lowest BCUT2D eigenvalue weighted by Crippen LogP contribution is -1.97. The van der Waals surface area contributed by atoms with Gasteiger partial charge in [-0.2, -0.15) is 0 Å². The van der Waals surface area contributed by atoms with Gasteiger partial charge >= 0.3 is 0 Å². The highest BCUT2D eigenvalue weighted by Crippen LogP contribution is 2.16. The van der Waals surface area contributed by atoms with Gasteiger partial charge in [-0.1, -0.05) is 52.7 Å². The Balaban J connectivity index is 3.13. The summed E-state index contributed by atoms with van der Waals surface area (Å²) in [6.45, 7) is 6.95. The molecule has 1 atom stereocenters. The quantitative estimate of drug-likeness (QED) is 0.553. The Bertz CT molecular complexity index is 89.0. The van der Waals surface area contributed by atoms with E-state index in [1.165, 1.54) is 32.1 Å². The molecular formula is C11H23S. The van der Waals surface area contributed by atoms with Crippen LogP contribution in [0.5, 0.6) is 0 Å². The first kappa shape index (κ1) is 12.3. The SMILES string of the molecule is CC(C)CCCC(C)CCC[S]. The average Bonchev–Trinajstić information content (AvgIpc) is 2.00. The summed E-state index contributed by atoms with van der Waals surface area (Å²) in [5, 5.41) is 0. The highest BCUT2D eigenvalue weighted by molar-refractivity contribution is 7.80. The zero-order chi connectivity index (χ0) is 9.40. The minimum atomic E-state index is 0.871. The lowest BCUT2D eigenvalue weighted by atomic mass is 9.96. The molecule has 0 amide bonds. The Labute approximate surface area is 83.5 Å². The van der Waals surface area contributed by atoms with Gasteiger partial charge in [0.25, 0.3) is 0 Å². The zero-order valence-corrected chi connectivity index (χ0v) is 9.62. The van der Waals surface area contributed by atoms with Crippen molar-refractivity contribution in [1.82, 2.24) is 0 Å². The molecule has 12 heavy (non-hydrogen) atoms. The van der Waals surface area contributed by atoms with E-state index in [1.807, 2.05) is 0 Å². The van der Waals surface area contributed by atoms with Gasteiger partial charge in [-0.3, -0.25) is 0 Å². The second kappa shape index (κ2) is 7.97. The fourth-order valence-corrected chi connectivity index (χ4v) is 1.62. The third-order valence-electron chi connectivity index (χ3n) is 2.32. The molecule has 1 radical (unpaired) electrons. The Morgan fingerprint density at radius 2 is 1.50 bits per heavy atom. The molecule has 0 fully saturated rings. The van der Waals surface area contributed by atoms with Crippen molar-refractivity contribution < 1.29 is 0 Å². The summed E-state index contributed by atoms with van der Waals surface area (Å²) in [6, 6.07) is 0. The molecule has 0 saturated carbocycles. The van der Waals surface area contributed by atoms with E-state index in [1.54, 1.807) is 0 Å². The maximum Gasteiger partial charge on any atom is 0.00370 e. The number of rotatable bonds is 7. The van der Waals surface area contributed by atoms with E-state index in [9.17, 15) is 0 Å². The molecule has 0 aliphatic rings. The Morgan fingerprint density at radius 3 is 2.00 bits per heavy atom. The lowest BCUT2D eigenvalue weighted by Gasteiger charge is -2.10. The van der Waals surface area contributed by atoms with E-state index in [4.69, 9.17) is 12.6 Å². The summed E-state index contributed by atoms with van der Waals surface area (Å²) < 4.78 is 0. The van der Waals surface area contributed by atoms with Crippen molar-refractivity contribution in [2.24, 2.45) is 11.8 Å². The van der Waals surface area contributed by atoms with E-state index in [0.717, 1.165) is 17.6 Å². The molecule has 0 aliphatic heterocycles. The molecule has 0 spiro atoms. The number of hydrogen-bond donors (Lipinski definition) is 0. The number of hydrogen-bond acceptors (Lipinski definition) is 0. The largest absolute Gasteiger partial charge is 0.0942 e. The van der Waals surface area contributed by atoms with Crippen LogP contribution in [0.1, 0.15) is 52.9 Å². The van der Waals surface area contributed by atoms with Crippen LogP contribution in [0.15, 0.2) is 0 Å². The van der Waals surface area contributed by atoms with E-state index in [-0.39, 0.29) is 0 Å². The summed E-state index contributed by atoms with van der Waals surface area (Å²) in [5.41, 5.74) is 0. The maximum absolute atomic E-state index is 4.92. The van der Waals surface area contributed by atoms with Crippen LogP contribution in [-0.2, 0) is 0 Å². The second-order valence-corrected chi connectivity index (χ2v) is 4.68. The van der Waals surface area contributed by atoms with Gasteiger partial charge in [0.2, 0.25) is 0 Å². The molecule has 0 aromatic carbocycles. The van der Waals surface area contributed by atoms with Gasteiger partial charge in [0.05, 0.1) is 0 Å².